The zero-order chi connectivity index (χ0) is 7.98. The van der Waals surface area contributed by atoms with Gasteiger partial charge in [0.1, 0.15) is 0 Å². The summed E-state index contributed by atoms with van der Waals surface area (Å²) in [6.45, 7) is 10.7. The van der Waals surface area contributed by atoms with Gasteiger partial charge in [-0.2, -0.15) is 0 Å². The molecule has 0 spiro atoms. The first-order valence-corrected chi connectivity index (χ1v) is 3.63. The maximum absolute atomic E-state index is 3.90. The van der Waals surface area contributed by atoms with Crippen molar-refractivity contribution in [3.8, 4) is 0 Å². The lowest BCUT2D eigenvalue weighted by Crippen LogP contribution is -2.18. The second kappa shape index (κ2) is 5.24. The van der Waals surface area contributed by atoms with E-state index in [1.807, 2.05) is 13.1 Å². The van der Waals surface area contributed by atoms with E-state index in [9.17, 15) is 0 Å². The van der Waals surface area contributed by atoms with Crippen molar-refractivity contribution in [1.82, 2.24) is 5.32 Å². The van der Waals surface area contributed by atoms with Crippen LogP contribution in [0.25, 0.3) is 0 Å². The third-order valence-electron chi connectivity index (χ3n) is 1.60. The normalized spacial score (nSPS) is 12.6. The van der Waals surface area contributed by atoms with Gasteiger partial charge < -0.3 is 5.32 Å². The summed E-state index contributed by atoms with van der Waals surface area (Å²) in [6.07, 6.45) is 2.97. The van der Waals surface area contributed by atoms with Crippen LogP contribution in [0.4, 0.5) is 0 Å². The van der Waals surface area contributed by atoms with Crippen LogP contribution in [0.1, 0.15) is 13.3 Å². The van der Waals surface area contributed by atoms with E-state index in [1.54, 1.807) is 0 Å². The van der Waals surface area contributed by atoms with Crippen molar-refractivity contribution in [2.45, 2.75) is 13.3 Å². The molecule has 1 N–H and O–H groups in total. The summed E-state index contributed by atoms with van der Waals surface area (Å²) in [7, 11) is 1.96. The molecular weight excluding hydrogens is 122 g/mol. The van der Waals surface area contributed by atoms with Crippen LogP contribution in [0, 0.1) is 5.92 Å². The Labute approximate surface area is 63.8 Å². The molecule has 0 bridgehead atoms. The summed E-state index contributed by atoms with van der Waals surface area (Å²) >= 11 is 0. The van der Waals surface area contributed by atoms with Crippen molar-refractivity contribution in [2.24, 2.45) is 5.92 Å². The average Bonchev–Trinajstić information content (AvgIpc) is 1.87. The van der Waals surface area contributed by atoms with Crippen LogP contribution >= 0.6 is 0 Å². The monoisotopic (exact) mass is 139 g/mol. The number of rotatable bonds is 5. The van der Waals surface area contributed by atoms with Crippen molar-refractivity contribution < 1.29 is 0 Å². The lowest BCUT2D eigenvalue weighted by molar-refractivity contribution is 0.578. The third-order valence-corrected chi connectivity index (χ3v) is 1.60. The predicted octanol–water partition coefficient (Wildman–Crippen LogP) is 1.97. The standard InChI is InChI=1S/C9H17N/c1-5-6-9(7-10-4)8(2)3/h5,9-10H,1-2,6-7H2,3-4H3. The molecule has 0 aliphatic heterocycles. The molecule has 0 heterocycles. The fourth-order valence-corrected chi connectivity index (χ4v) is 0.906. The number of hydrogen-bond acceptors (Lipinski definition) is 1. The van der Waals surface area contributed by atoms with Crippen LogP contribution in [0.2, 0.25) is 0 Å². The molecule has 0 radical (unpaired) electrons. The fraction of sp³-hybridized carbons (Fsp3) is 0.556. The average molecular weight is 139 g/mol. The summed E-state index contributed by atoms with van der Waals surface area (Å²) in [5.74, 6) is 0.558. The van der Waals surface area contributed by atoms with Gasteiger partial charge in [-0.15, -0.1) is 6.58 Å². The minimum absolute atomic E-state index is 0.558. The van der Waals surface area contributed by atoms with Crippen molar-refractivity contribution in [1.29, 1.82) is 0 Å². The Morgan fingerprint density at radius 3 is 2.60 bits per heavy atom. The van der Waals surface area contributed by atoms with Crippen molar-refractivity contribution >= 4 is 0 Å². The Morgan fingerprint density at radius 2 is 2.30 bits per heavy atom. The van der Waals surface area contributed by atoms with Crippen LogP contribution in [-0.4, -0.2) is 13.6 Å². The molecule has 1 heteroatoms. The van der Waals surface area contributed by atoms with Gasteiger partial charge in [0.05, 0.1) is 0 Å². The van der Waals surface area contributed by atoms with Crippen molar-refractivity contribution in [3.63, 3.8) is 0 Å². The Balaban J connectivity index is 3.71. The molecule has 0 saturated heterocycles. The Kier molecular flexibility index (Phi) is 4.95. The fourth-order valence-electron chi connectivity index (χ4n) is 0.906. The minimum Gasteiger partial charge on any atom is -0.319 e. The summed E-state index contributed by atoms with van der Waals surface area (Å²) in [4.78, 5) is 0. The molecule has 0 aromatic heterocycles. The summed E-state index contributed by atoms with van der Waals surface area (Å²) in [5.41, 5.74) is 1.23. The van der Waals surface area contributed by atoms with Gasteiger partial charge in [0.15, 0.2) is 0 Å². The van der Waals surface area contributed by atoms with Gasteiger partial charge in [0.25, 0.3) is 0 Å². The number of hydrogen-bond donors (Lipinski definition) is 1. The Hall–Kier alpha value is -0.560. The minimum atomic E-state index is 0.558. The highest BCUT2D eigenvalue weighted by molar-refractivity contribution is 4.99. The van der Waals surface area contributed by atoms with Crippen LogP contribution in [0.3, 0.4) is 0 Å². The van der Waals surface area contributed by atoms with Crippen LogP contribution in [-0.2, 0) is 0 Å². The van der Waals surface area contributed by atoms with E-state index in [0.29, 0.717) is 5.92 Å². The zero-order valence-electron chi connectivity index (χ0n) is 6.98. The van der Waals surface area contributed by atoms with E-state index in [0.717, 1.165) is 13.0 Å². The first kappa shape index (κ1) is 9.44. The molecule has 10 heavy (non-hydrogen) atoms. The number of nitrogens with one attached hydrogen (secondary N) is 1. The van der Waals surface area contributed by atoms with Crippen molar-refractivity contribution in [2.75, 3.05) is 13.6 Å². The molecule has 0 saturated carbocycles. The van der Waals surface area contributed by atoms with E-state index in [2.05, 4.69) is 25.4 Å². The lowest BCUT2D eigenvalue weighted by Gasteiger charge is -2.13. The molecule has 0 aliphatic rings. The summed E-state index contributed by atoms with van der Waals surface area (Å²) in [6, 6.07) is 0. The van der Waals surface area contributed by atoms with Gasteiger partial charge in [0, 0.05) is 6.54 Å². The highest BCUT2D eigenvalue weighted by atomic mass is 14.8. The van der Waals surface area contributed by atoms with Crippen molar-refractivity contribution in [3.05, 3.63) is 24.8 Å². The van der Waals surface area contributed by atoms with Gasteiger partial charge >= 0.3 is 0 Å². The second-order valence-corrected chi connectivity index (χ2v) is 2.63. The van der Waals surface area contributed by atoms with Gasteiger partial charge in [-0.25, -0.2) is 0 Å². The molecule has 0 amide bonds. The van der Waals surface area contributed by atoms with Gasteiger partial charge in [-0.05, 0) is 26.3 Å². The van der Waals surface area contributed by atoms with E-state index in [1.165, 1.54) is 5.57 Å². The first-order chi connectivity index (χ1) is 4.72. The molecule has 0 aromatic rings. The maximum atomic E-state index is 3.90. The molecule has 0 rings (SSSR count). The van der Waals surface area contributed by atoms with E-state index in [-0.39, 0.29) is 0 Å². The zero-order valence-corrected chi connectivity index (χ0v) is 6.98. The van der Waals surface area contributed by atoms with Crippen LogP contribution in [0.5, 0.6) is 0 Å². The SMILES string of the molecule is C=CCC(CNC)C(=C)C. The lowest BCUT2D eigenvalue weighted by atomic mass is 9.98. The molecular formula is C9H17N. The van der Waals surface area contributed by atoms with Gasteiger partial charge in [-0.1, -0.05) is 18.2 Å². The van der Waals surface area contributed by atoms with E-state index < -0.39 is 0 Å². The third kappa shape index (κ3) is 3.46. The largest absolute Gasteiger partial charge is 0.319 e. The highest BCUT2D eigenvalue weighted by Gasteiger charge is 2.04. The topological polar surface area (TPSA) is 12.0 Å². The molecule has 1 unspecified atom stereocenters. The molecule has 58 valence electrons. The molecule has 1 atom stereocenters. The Bertz CT molecular complexity index is 116. The number of allylic oxidation sites excluding steroid dienone is 1. The maximum Gasteiger partial charge on any atom is 0.00166 e. The smallest absolute Gasteiger partial charge is 0.00166 e. The van der Waals surface area contributed by atoms with E-state index >= 15 is 0 Å². The Morgan fingerprint density at radius 1 is 1.70 bits per heavy atom. The first-order valence-electron chi connectivity index (χ1n) is 3.63. The highest BCUT2D eigenvalue weighted by Crippen LogP contribution is 2.11. The molecule has 1 nitrogen and oxygen atoms in total. The summed E-state index contributed by atoms with van der Waals surface area (Å²) in [5, 5.41) is 3.13. The van der Waals surface area contributed by atoms with E-state index in [4.69, 9.17) is 0 Å². The second-order valence-electron chi connectivity index (χ2n) is 2.63. The molecule has 0 aromatic carbocycles. The van der Waals surface area contributed by atoms with Gasteiger partial charge in [0.2, 0.25) is 0 Å². The molecule has 0 fully saturated rings. The predicted molar refractivity (Wildman–Crippen MR) is 47.0 cm³/mol. The van der Waals surface area contributed by atoms with Crippen LogP contribution in [0.15, 0.2) is 24.8 Å². The van der Waals surface area contributed by atoms with Crippen LogP contribution < -0.4 is 5.32 Å². The van der Waals surface area contributed by atoms with Gasteiger partial charge in [-0.3, -0.25) is 0 Å². The summed E-state index contributed by atoms with van der Waals surface area (Å²) < 4.78 is 0. The molecule has 0 aliphatic carbocycles. The quantitative estimate of drug-likeness (QED) is 0.574.